The molecular weight excluding hydrogens is 300 g/mol. The van der Waals surface area contributed by atoms with Crippen molar-refractivity contribution in [3.8, 4) is 0 Å². The van der Waals surface area contributed by atoms with Crippen LogP contribution in [0.4, 0.5) is 0 Å². The molecule has 0 saturated carbocycles. The summed E-state index contributed by atoms with van der Waals surface area (Å²) in [6.45, 7) is 8.91. The predicted octanol–water partition coefficient (Wildman–Crippen LogP) is 3.11. The highest BCUT2D eigenvalue weighted by Gasteiger charge is 2.24. The Hall–Kier alpha value is -1.88. The molecule has 1 amide bonds. The number of carbonyl (C=O) groups is 1. The zero-order valence-electron chi connectivity index (χ0n) is 15.0. The van der Waals surface area contributed by atoms with Crippen molar-refractivity contribution in [2.75, 3.05) is 13.1 Å². The third-order valence-electron chi connectivity index (χ3n) is 5.05. The van der Waals surface area contributed by atoms with Gasteiger partial charge in [-0.2, -0.15) is 0 Å². The van der Waals surface area contributed by atoms with Crippen molar-refractivity contribution in [2.24, 2.45) is 0 Å². The minimum atomic E-state index is 0.126. The summed E-state index contributed by atoms with van der Waals surface area (Å²) in [5.41, 5.74) is 2.20. The maximum Gasteiger partial charge on any atom is 0.224 e. The molecule has 0 bridgehead atoms. The molecule has 3 rings (SSSR count). The molecule has 1 aromatic carbocycles. The van der Waals surface area contributed by atoms with Gasteiger partial charge in [-0.25, -0.2) is 4.98 Å². The van der Waals surface area contributed by atoms with Crippen LogP contribution in [0, 0.1) is 0 Å². The van der Waals surface area contributed by atoms with Gasteiger partial charge in [-0.3, -0.25) is 4.79 Å². The molecular formula is C19H28N4O. The molecule has 1 aliphatic rings. The molecule has 2 aromatic rings. The number of amides is 1. The summed E-state index contributed by atoms with van der Waals surface area (Å²) in [6.07, 6.45) is 2.83. The number of nitrogens with one attached hydrogen (secondary N) is 1. The first kappa shape index (κ1) is 17.0. The van der Waals surface area contributed by atoms with Crippen LogP contribution >= 0.6 is 0 Å². The first-order valence-corrected chi connectivity index (χ1v) is 9.09. The molecule has 0 aliphatic carbocycles. The average Bonchev–Trinajstić information content (AvgIpc) is 3.17. The number of carbonyl (C=O) groups excluding carboxylic acids is 1. The first-order valence-electron chi connectivity index (χ1n) is 9.09. The van der Waals surface area contributed by atoms with Gasteiger partial charge in [0.05, 0.1) is 17.1 Å². The van der Waals surface area contributed by atoms with E-state index in [1.165, 1.54) is 5.52 Å². The van der Waals surface area contributed by atoms with Gasteiger partial charge in [0.2, 0.25) is 5.91 Å². The largest absolute Gasteiger partial charge is 0.340 e. The van der Waals surface area contributed by atoms with Crippen LogP contribution in [-0.4, -0.2) is 39.5 Å². The van der Waals surface area contributed by atoms with Crippen LogP contribution in [-0.2, 0) is 11.3 Å². The van der Waals surface area contributed by atoms with Crippen LogP contribution in [0.1, 0.15) is 51.9 Å². The quantitative estimate of drug-likeness (QED) is 0.886. The van der Waals surface area contributed by atoms with Gasteiger partial charge in [-0.05, 0) is 45.7 Å². The molecule has 1 aliphatic heterocycles. The topological polar surface area (TPSA) is 50.2 Å². The minimum Gasteiger partial charge on any atom is -0.340 e. The molecule has 2 unspecified atom stereocenters. The lowest BCUT2D eigenvalue weighted by Crippen LogP contribution is -2.36. The van der Waals surface area contributed by atoms with E-state index in [1.807, 2.05) is 17.0 Å². The van der Waals surface area contributed by atoms with E-state index in [4.69, 9.17) is 4.98 Å². The Bertz CT molecular complexity index is 708. The second kappa shape index (κ2) is 7.34. The van der Waals surface area contributed by atoms with E-state index >= 15 is 0 Å². The fourth-order valence-corrected chi connectivity index (χ4v) is 3.69. The van der Waals surface area contributed by atoms with Crippen molar-refractivity contribution in [2.45, 2.75) is 58.7 Å². The third kappa shape index (κ3) is 3.31. The van der Waals surface area contributed by atoms with Crippen molar-refractivity contribution < 1.29 is 4.79 Å². The molecule has 2 atom stereocenters. The summed E-state index contributed by atoms with van der Waals surface area (Å²) in [5, 5.41) is 3.47. The average molecular weight is 328 g/mol. The van der Waals surface area contributed by atoms with Crippen molar-refractivity contribution >= 4 is 16.9 Å². The Morgan fingerprint density at radius 3 is 2.92 bits per heavy atom. The molecule has 1 N–H and O–H groups in total. The lowest BCUT2D eigenvalue weighted by Gasteiger charge is -2.22. The minimum absolute atomic E-state index is 0.126. The summed E-state index contributed by atoms with van der Waals surface area (Å²) < 4.78 is 2.25. The summed E-state index contributed by atoms with van der Waals surface area (Å²) in [5.74, 6) is 1.31. The number of hydrogen-bond donors (Lipinski definition) is 1. The van der Waals surface area contributed by atoms with Gasteiger partial charge >= 0.3 is 0 Å². The summed E-state index contributed by atoms with van der Waals surface area (Å²) >= 11 is 0. The Morgan fingerprint density at radius 1 is 1.42 bits per heavy atom. The Morgan fingerprint density at radius 2 is 2.21 bits per heavy atom. The number of fused-ring (bicyclic) bond motifs is 1. The highest BCUT2D eigenvalue weighted by Crippen LogP contribution is 2.21. The molecule has 0 spiro atoms. The second-order valence-electron chi connectivity index (χ2n) is 6.71. The lowest BCUT2D eigenvalue weighted by atomic mass is 10.2. The van der Waals surface area contributed by atoms with E-state index in [9.17, 15) is 4.79 Å². The normalized spacial score (nSPS) is 19.1. The molecule has 130 valence electrons. The highest BCUT2D eigenvalue weighted by molar-refractivity contribution is 5.77. The number of para-hydroxylation sites is 2. The Labute approximate surface area is 144 Å². The van der Waals surface area contributed by atoms with Gasteiger partial charge in [-0.1, -0.05) is 12.1 Å². The van der Waals surface area contributed by atoms with Crippen molar-refractivity contribution in [3.05, 3.63) is 30.1 Å². The molecule has 5 heteroatoms. The molecule has 5 nitrogen and oxygen atoms in total. The van der Waals surface area contributed by atoms with E-state index in [0.717, 1.165) is 37.3 Å². The van der Waals surface area contributed by atoms with Crippen LogP contribution < -0.4 is 5.32 Å². The molecule has 0 radical (unpaired) electrons. The number of likely N-dealkylation sites (tertiary alicyclic amines) is 1. The lowest BCUT2D eigenvalue weighted by molar-refractivity contribution is -0.131. The van der Waals surface area contributed by atoms with E-state index in [1.54, 1.807) is 0 Å². The van der Waals surface area contributed by atoms with E-state index in [0.29, 0.717) is 19.0 Å². The fraction of sp³-hybridized carbons (Fsp3) is 0.579. The van der Waals surface area contributed by atoms with E-state index in [2.05, 4.69) is 42.8 Å². The number of aryl methyl sites for hydroxylation is 1. The zero-order valence-corrected chi connectivity index (χ0v) is 15.0. The van der Waals surface area contributed by atoms with Gasteiger partial charge in [0.15, 0.2) is 0 Å². The summed E-state index contributed by atoms with van der Waals surface area (Å²) in [7, 11) is 0. The molecule has 1 fully saturated rings. The Balaban J connectivity index is 1.61. The summed E-state index contributed by atoms with van der Waals surface area (Å²) in [4.78, 5) is 19.1. The van der Waals surface area contributed by atoms with Gasteiger partial charge in [0, 0.05) is 32.1 Å². The zero-order chi connectivity index (χ0) is 17.1. The molecule has 24 heavy (non-hydrogen) atoms. The van der Waals surface area contributed by atoms with Gasteiger partial charge in [0.25, 0.3) is 0 Å². The van der Waals surface area contributed by atoms with Crippen molar-refractivity contribution in [1.82, 2.24) is 19.8 Å². The van der Waals surface area contributed by atoms with Crippen LogP contribution in [0.2, 0.25) is 0 Å². The molecule has 2 heterocycles. The van der Waals surface area contributed by atoms with Gasteiger partial charge in [-0.15, -0.1) is 0 Å². The van der Waals surface area contributed by atoms with Crippen LogP contribution in [0.5, 0.6) is 0 Å². The smallest absolute Gasteiger partial charge is 0.224 e. The van der Waals surface area contributed by atoms with Crippen LogP contribution in [0.15, 0.2) is 24.3 Å². The number of rotatable bonds is 6. The SMILES string of the molecule is CCn1c(C(C)NCCC(=O)N2CCCC2C)nc2ccccc21. The van der Waals surface area contributed by atoms with Crippen molar-refractivity contribution in [1.29, 1.82) is 0 Å². The molecule has 1 saturated heterocycles. The monoisotopic (exact) mass is 328 g/mol. The van der Waals surface area contributed by atoms with Crippen LogP contribution in [0.25, 0.3) is 11.0 Å². The number of aromatic nitrogens is 2. The number of benzene rings is 1. The fourth-order valence-electron chi connectivity index (χ4n) is 3.69. The maximum absolute atomic E-state index is 12.3. The Kier molecular flexibility index (Phi) is 5.19. The van der Waals surface area contributed by atoms with Gasteiger partial charge in [0.1, 0.15) is 5.82 Å². The number of hydrogen-bond acceptors (Lipinski definition) is 3. The standard InChI is InChI=1S/C19H28N4O/c1-4-22-17-10-6-5-9-16(17)21-19(22)15(3)20-12-11-18(24)23-13-7-8-14(23)2/h5-6,9-10,14-15,20H,4,7-8,11-13H2,1-3H3. The highest BCUT2D eigenvalue weighted by atomic mass is 16.2. The maximum atomic E-state index is 12.3. The molecule has 1 aromatic heterocycles. The number of imidazole rings is 1. The van der Waals surface area contributed by atoms with Crippen molar-refractivity contribution in [3.63, 3.8) is 0 Å². The van der Waals surface area contributed by atoms with E-state index in [-0.39, 0.29) is 11.9 Å². The second-order valence-corrected chi connectivity index (χ2v) is 6.71. The predicted molar refractivity (Wildman–Crippen MR) is 96.9 cm³/mol. The first-order chi connectivity index (χ1) is 11.6. The summed E-state index contributed by atoms with van der Waals surface area (Å²) in [6, 6.07) is 8.76. The third-order valence-corrected chi connectivity index (χ3v) is 5.05. The van der Waals surface area contributed by atoms with E-state index < -0.39 is 0 Å². The van der Waals surface area contributed by atoms with Crippen LogP contribution in [0.3, 0.4) is 0 Å². The van der Waals surface area contributed by atoms with Gasteiger partial charge < -0.3 is 14.8 Å². The number of nitrogens with zero attached hydrogens (tertiary/aromatic N) is 3.